The minimum absolute atomic E-state index is 0.492. The van der Waals surface area contributed by atoms with Crippen molar-refractivity contribution in [2.75, 3.05) is 13.1 Å². The fourth-order valence-corrected chi connectivity index (χ4v) is 0.767. The van der Waals surface area contributed by atoms with E-state index in [0.717, 1.165) is 6.08 Å². The molecule has 13 heavy (non-hydrogen) atoms. The molecule has 0 bridgehead atoms. The molecule has 8 heteroatoms. The van der Waals surface area contributed by atoms with Crippen molar-refractivity contribution >= 4 is 64.4 Å². The Balaban J connectivity index is 0. The molecule has 0 spiro atoms. The summed E-state index contributed by atoms with van der Waals surface area (Å²) < 4.78 is 0.985. The van der Waals surface area contributed by atoms with E-state index in [-0.39, 0.29) is 0 Å². The van der Waals surface area contributed by atoms with Gasteiger partial charge < -0.3 is 10.6 Å². The summed E-state index contributed by atoms with van der Waals surface area (Å²) in [6.07, 6.45) is 0.750. The molecule has 0 fully saturated rings. The monoisotopic (exact) mass is 255 g/mol. The van der Waals surface area contributed by atoms with Crippen LogP contribution in [0.1, 0.15) is 0 Å². The van der Waals surface area contributed by atoms with Gasteiger partial charge in [0, 0.05) is 13.1 Å². The van der Waals surface area contributed by atoms with Crippen LogP contribution in [0.25, 0.3) is 0 Å². The zero-order valence-electron chi connectivity index (χ0n) is 6.53. The molecular weight excluding hydrogens is 246 g/mol. The molecule has 4 nitrogen and oxygen atoms in total. The predicted octanol–water partition coefficient (Wildman–Crippen LogP) is 0.496. The zero-order chi connectivity index (χ0) is 10.7. The molecule has 0 amide bonds. The maximum Gasteiger partial charge on any atom is 0.231 e. The number of thiol groups is 2. The number of isocyanates is 1. The molecule has 0 heterocycles. The van der Waals surface area contributed by atoms with Gasteiger partial charge in [-0.25, -0.2) is 10.2 Å². The first-order chi connectivity index (χ1) is 6.04. The van der Waals surface area contributed by atoms with Crippen LogP contribution in [-0.2, 0) is 4.79 Å². The van der Waals surface area contributed by atoms with E-state index < -0.39 is 0 Å². The van der Waals surface area contributed by atoms with Crippen LogP contribution in [0.3, 0.4) is 0 Å². The second-order valence-electron chi connectivity index (χ2n) is 1.57. The van der Waals surface area contributed by atoms with E-state index in [1.165, 1.54) is 0 Å². The third-order valence-corrected chi connectivity index (χ3v) is 1.28. The molecule has 0 saturated carbocycles. The minimum Gasteiger partial charge on any atom is -0.369 e. The Morgan fingerprint density at radius 3 is 1.62 bits per heavy atom. The first kappa shape index (κ1) is 15.3. The van der Waals surface area contributed by atoms with Crippen LogP contribution in [0.5, 0.6) is 0 Å². The van der Waals surface area contributed by atoms with Crippen molar-refractivity contribution in [1.29, 1.82) is 5.41 Å². The lowest BCUT2D eigenvalue weighted by molar-refractivity contribution is 0.563. The fourth-order valence-electron chi connectivity index (χ4n) is 0.339. The average Bonchev–Trinajstić information content (AvgIpc) is 1.99. The number of rotatable bonds is 3. The lowest BCUT2D eigenvalue weighted by Crippen LogP contribution is -2.29. The summed E-state index contributed by atoms with van der Waals surface area (Å²) in [4.78, 5) is 8.35. The van der Waals surface area contributed by atoms with E-state index in [1.807, 2.05) is 0 Å². The van der Waals surface area contributed by atoms with Gasteiger partial charge in [0.05, 0.1) is 0 Å². The van der Waals surface area contributed by atoms with Crippen LogP contribution in [0.2, 0.25) is 0 Å². The summed E-state index contributed by atoms with van der Waals surface area (Å²) in [5, 5.41) is 11.1. The van der Waals surface area contributed by atoms with Crippen LogP contribution >= 0.6 is 49.7 Å². The second kappa shape index (κ2) is 11.9. The van der Waals surface area contributed by atoms with Gasteiger partial charge in [0.1, 0.15) is 8.64 Å². The molecule has 0 unspecified atom stereocenters. The van der Waals surface area contributed by atoms with E-state index >= 15 is 0 Å². The molecule has 0 rings (SSSR count). The molecule has 0 aromatic heterocycles. The van der Waals surface area contributed by atoms with Crippen molar-refractivity contribution in [2.45, 2.75) is 0 Å². The van der Waals surface area contributed by atoms with Crippen LogP contribution in [0.4, 0.5) is 0 Å². The Kier molecular flexibility index (Phi) is 14.0. The van der Waals surface area contributed by atoms with Crippen LogP contribution in [0.15, 0.2) is 0 Å². The lowest BCUT2D eigenvalue weighted by Gasteiger charge is -2.03. The van der Waals surface area contributed by atoms with Gasteiger partial charge in [-0.1, -0.05) is 24.4 Å². The van der Waals surface area contributed by atoms with E-state index in [2.05, 4.69) is 60.3 Å². The third kappa shape index (κ3) is 24.5. The normalized spacial score (nSPS) is 7.23. The van der Waals surface area contributed by atoms with Crippen molar-refractivity contribution in [3.8, 4) is 0 Å². The summed E-state index contributed by atoms with van der Waals surface area (Å²) in [5.74, 6) is 0. The van der Waals surface area contributed by atoms with Gasteiger partial charge in [-0.3, -0.25) is 0 Å². The fraction of sp³-hybridized carbons (Fsp3) is 0.400. The molecule has 74 valence electrons. The molecule has 0 aliphatic rings. The van der Waals surface area contributed by atoms with Gasteiger partial charge in [-0.15, -0.1) is 25.3 Å². The van der Waals surface area contributed by atoms with E-state index in [1.54, 1.807) is 0 Å². The average molecular weight is 255 g/mol. The smallest absolute Gasteiger partial charge is 0.231 e. The summed E-state index contributed by atoms with van der Waals surface area (Å²) in [6, 6.07) is 0. The van der Waals surface area contributed by atoms with Crippen LogP contribution in [0, 0.1) is 5.41 Å². The quantitative estimate of drug-likeness (QED) is 0.167. The highest BCUT2D eigenvalue weighted by Crippen LogP contribution is 1.77. The molecule has 0 atom stereocenters. The van der Waals surface area contributed by atoms with Gasteiger partial charge >= 0.3 is 0 Å². The highest BCUT2D eigenvalue weighted by atomic mass is 32.1. The van der Waals surface area contributed by atoms with Crippen molar-refractivity contribution in [1.82, 2.24) is 10.6 Å². The minimum atomic E-state index is 0.492. The predicted molar refractivity (Wildman–Crippen MR) is 67.6 cm³/mol. The first-order valence-electron chi connectivity index (χ1n) is 3.02. The van der Waals surface area contributed by atoms with Gasteiger partial charge in [-0.05, 0) is 0 Å². The SMILES string of the molecule is N=C=O.S=C(S)NCCNC(=S)S. The maximum atomic E-state index is 8.35. The van der Waals surface area contributed by atoms with E-state index in [0.29, 0.717) is 21.7 Å². The molecule has 3 N–H and O–H groups in total. The van der Waals surface area contributed by atoms with Gasteiger partial charge in [0.2, 0.25) is 6.08 Å². The Hall–Kier alpha value is -0.140. The van der Waals surface area contributed by atoms with Crippen LogP contribution in [-0.4, -0.2) is 27.8 Å². The summed E-state index contributed by atoms with van der Waals surface area (Å²) in [7, 11) is 0. The molecular formula is C5H9N3OS4. The van der Waals surface area contributed by atoms with Gasteiger partial charge in [0.25, 0.3) is 0 Å². The Labute approximate surface area is 98.2 Å². The lowest BCUT2D eigenvalue weighted by atomic mass is 10.6. The van der Waals surface area contributed by atoms with E-state index in [9.17, 15) is 0 Å². The van der Waals surface area contributed by atoms with Gasteiger partial charge in [0.15, 0.2) is 0 Å². The maximum absolute atomic E-state index is 8.35. The Bertz CT molecular complexity index is 186. The Morgan fingerprint density at radius 2 is 1.46 bits per heavy atom. The number of hydrogen-bond donors (Lipinski definition) is 5. The Morgan fingerprint density at radius 1 is 1.23 bits per heavy atom. The van der Waals surface area contributed by atoms with Crippen molar-refractivity contribution in [3.63, 3.8) is 0 Å². The zero-order valence-corrected chi connectivity index (χ0v) is 9.96. The second-order valence-corrected chi connectivity index (χ2v) is 3.88. The number of carbonyl (C=O) groups excluding carboxylic acids is 1. The molecule has 0 saturated heterocycles. The van der Waals surface area contributed by atoms with Gasteiger partial charge in [-0.2, -0.15) is 0 Å². The molecule has 0 radical (unpaired) electrons. The number of thiocarbonyl (C=S) groups is 2. The highest BCUT2D eigenvalue weighted by Gasteiger charge is 1.87. The molecule has 0 aromatic rings. The molecule has 0 aliphatic carbocycles. The van der Waals surface area contributed by atoms with E-state index in [4.69, 9.17) is 10.2 Å². The molecule has 0 aromatic carbocycles. The topological polar surface area (TPSA) is 65.0 Å². The van der Waals surface area contributed by atoms with Crippen molar-refractivity contribution < 1.29 is 4.79 Å². The highest BCUT2D eigenvalue weighted by molar-refractivity contribution is 8.11. The largest absolute Gasteiger partial charge is 0.369 e. The first-order valence-corrected chi connectivity index (χ1v) is 4.73. The number of hydrogen-bond acceptors (Lipinski definition) is 4. The van der Waals surface area contributed by atoms with Crippen molar-refractivity contribution in [3.05, 3.63) is 0 Å². The summed E-state index contributed by atoms with van der Waals surface area (Å²) in [5.41, 5.74) is 0. The third-order valence-electron chi connectivity index (χ3n) is 0.677. The summed E-state index contributed by atoms with van der Waals surface area (Å²) in [6.45, 7) is 1.42. The summed E-state index contributed by atoms with van der Waals surface area (Å²) >= 11 is 17.0. The standard InChI is InChI=1S/C4H8N2S4.CHNO/c7-3(8)5-1-2-6-4(9)10;2-1-3/h1-2H2,(H2,5,7,8)(H2,6,9,10);2H. The van der Waals surface area contributed by atoms with Crippen LogP contribution < -0.4 is 10.6 Å². The number of nitrogens with one attached hydrogen (secondary N) is 3. The van der Waals surface area contributed by atoms with Crippen molar-refractivity contribution in [2.24, 2.45) is 0 Å². The molecule has 0 aliphatic heterocycles.